The summed E-state index contributed by atoms with van der Waals surface area (Å²) in [5.74, 6) is 1.11. The van der Waals surface area contributed by atoms with Gasteiger partial charge in [-0.3, -0.25) is 0 Å². The van der Waals surface area contributed by atoms with Gasteiger partial charge < -0.3 is 15.5 Å². The van der Waals surface area contributed by atoms with Crippen LogP contribution >= 0.6 is 0 Å². The maximum atomic E-state index is 12.8. The van der Waals surface area contributed by atoms with Gasteiger partial charge in [0.1, 0.15) is 5.82 Å². The first-order chi connectivity index (χ1) is 10.3. The van der Waals surface area contributed by atoms with Gasteiger partial charge in [-0.05, 0) is 11.6 Å². The third-order valence-corrected chi connectivity index (χ3v) is 3.54. The Balaban J connectivity index is 1.62. The Bertz CT molecular complexity index is 577. The molecule has 0 unspecified atom stereocenters. The molecule has 21 heavy (non-hydrogen) atoms. The maximum Gasteiger partial charge on any atom is 0.225 e. The van der Waals surface area contributed by atoms with Crippen molar-refractivity contribution in [3.63, 3.8) is 0 Å². The first-order valence-electron chi connectivity index (χ1n) is 6.89. The molecule has 110 valence electrons. The summed E-state index contributed by atoms with van der Waals surface area (Å²) in [6, 6.07) is 3.99. The predicted molar refractivity (Wildman–Crippen MR) is 78.5 cm³/mol. The molecule has 1 aliphatic rings. The van der Waals surface area contributed by atoms with Crippen LogP contribution in [0.3, 0.4) is 0 Å². The van der Waals surface area contributed by atoms with Crippen molar-refractivity contribution in [1.82, 2.24) is 15.0 Å². The van der Waals surface area contributed by atoms with Gasteiger partial charge in [-0.25, -0.2) is 19.3 Å². The normalized spacial score (nSPS) is 15.3. The molecule has 0 bridgehead atoms. The molecule has 2 aromatic heterocycles. The van der Waals surface area contributed by atoms with Crippen LogP contribution in [0.4, 0.5) is 16.2 Å². The van der Waals surface area contributed by atoms with E-state index in [2.05, 4.69) is 19.9 Å². The topological polar surface area (TPSA) is 71.2 Å². The highest BCUT2D eigenvalue weighted by atomic mass is 19.1. The van der Waals surface area contributed by atoms with E-state index >= 15 is 0 Å². The molecule has 0 aliphatic carbocycles. The van der Waals surface area contributed by atoms with Crippen molar-refractivity contribution < 1.29 is 4.39 Å². The van der Waals surface area contributed by atoms with Crippen molar-refractivity contribution in [2.45, 2.75) is 6.54 Å². The zero-order valence-electron chi connectivity index (χ0n) is 11.6. The number of aromatic nitrogens is 3. The Morgan fingerprint density at radius 3 is 2.19 bits per heavy atom. The van der Waals surface area contributed by atoms with Crippen molar-refractivity contribution >= 4 is 11.8 Å². The Morgan fingerprint density at radius 1 is 0.952 bits per heavy atom. The highest BCUT2D eigenvalue weighted by Crippen LogP contribution is 2.16. The predicted octanol–water partition coefficient (Wildman–Crippen LogP) is 0.796. The number of anilines is 2. The molecule has 0 atom stereocenters. The minimum Gasteiger partial charge on any atom is -0.353 e. The van der Waals surface area contributed by atoms with Crippen molar-refractivity contribution in [3.05, 3.63) is 42.1 Å². The number of pyridine rings is 1. The molecular weight excluding hydrogens is 271 g/mol. The van der Waals surface area contributed by atoms with Crippen LogP contribution < -0.4 is 15.5 Å². The maximum absolute atomic E-state index is 12.8. The molecular formula is C14H17FN6. The van der Waals surface area contributed by atoms with Crippen LogP contribution in [-0.2, 0) is 6.54 Å². The van der Waals surface area contributed by atoms with Gasteiger partial charge in [0, 0.05) is 38.9 Å². The van der Waals surface area contributed by atoms with Crippen molar-refractivity contribution in [2.75, 3.05) is 36.0 Å². The van der Waals surface area contributed by atoms with Gasteiger partial charge in [0.05, 0.1) is 12.4 Å². The molecule has 1 saturated heterocycles. The summed E-state index contributed by atoms with van der Waals surface area (Å²) < 4.78 is 12.8. The third-order valence-electron chi connectivity index (χ3n) is 3.54. The van der Waals surface area contributed by atoms with Crippen molar-refractivity contribution in [1.29, 1.82) is 0 Å². The van der Waals surface area contributed by atoms with E-state index in [-0.39, 0.29) is 0 Å². The van der Waals surface area contributed by atoms with E-state index in [0.29, 0.717) is 12.5 Å². The lowest BCUT2D eigenvalue weighted by molar-refractivity contribution is 0.601. The highest BCUT2D eigenvalue weighted by molar-refractivity contribution is 5.42. The first kappa shape index (κ1) is 13.7. The summed E-state index contributed by atoms with van der Waals surface area (Å²) in [6.07, 6.45) is 4.20. The summed E-state index contributed by atoms with van der Waals surface area (Å²) in [7, 11) is 0. The molecule has 0 spiro atoms. The van der Waals surface area contributed by atoms with Gasteiger partial charge in [-0.15, -0.1) is 0 Å². The van der Waals surface area contributed by atoms with Gasteiger partial charge in [-0.2, -0.15) is 0 Å². The molecule has 0 saturated carbocycles. The molecule has 1 aliphatic heterocycles. The molecule has 7 heteroatoms. The molecule has 0 aromatic carbocycles. The van der Waals surface area contributed by atoms with Crippen LogP contribution in [0.15, 0.2) is 30.7 Å². The fraction of sp³-hybridized carbons (Fsp3) is 0.357. The van der Waals surface area contributed by atoms with Gasteiger partial charge in [0.25, 0.3) is 0 Å². The lowest BCUT2D eigenvalue weighted by Crippen LogP contribution is -2.47. The van der Waals surface area contributed by atoms with E-state index in [1.54, 1.807) is 0 Å². The Labute approximate surface area is 122 Å². The Kier molecular flexibility index (Phi) is 3.92. The van der Waals surface area contributed by atoms with Crippen molar-refractivity contribution in [2.24, 2.45) is 5.73 Å². The standard InChI is InChI=1S/C14H17FN6/c15-12-9-18-14(19-10-12)21-5-3-20(4-6-21)13-2-1-11(7-16)8-17-13/h1-2,8-10H,3-7,16H2. The second-order valence-corrected chi connectivity index (χ2v) is 4.90. The van der Waals surface area contributed by atoms with Crippen LogP contribution in [0, 0.1) is 5.82 Å². The molecule has 0 radical (unpaired) electrons. The summed E-state index contributed by atoms with van der Waals surface area (Å²) >= 11 is 0. The molecule has 1 fully saturated rings. The van der Waals surface area contributed by atoms with Gasteiger partial charge in [0.15, 0.2) is 5.82 Å². The first-order valence-corrected chi connectivity index (χ1v) is 6.89. The average molecular weight is 288 g/mol. The lowest BCUT2D eigenvalue weighted by atomic mass is 10.2. The number of nitrogens with two attached hydrogens (primary N) is 1. The number of halogens is 1. The van der Waals surface area contributed by atoms with E-state index in [0.717, 1.165) is 37.6 Å². The zero-order chi connectivity index (χ0) is 14.7. The van der Waals surface area contributed by atoms with Crippen LogP contribution in [0.2, 0.25) is 0 Å². The van der Waals surface area contributed by atoms with E-state index < -0.39 is 5.82 Å². The molecule has 6 nitrogen and oxygen atoms in total. The minimum atomic E-state index is -0.415. The fourth-order valence-corrected chi connectivity index (χ4v) is 2.33. The number of hydrogen-bond acceptors (Lipinski definition) is 6. The van der Waals surface area contributed by atoms with Crippen LogP contribution in [0.1, 0.15) is 5.56 Å². The molecule has 3 rings (SSSR count). The number of piperazine rings is 1. The molecule has 0 amide bonds. The monoisotopic (exact) mass is 288 g/mol. The highest BCUT2D eigenvalue weighted by Gasteiger charge is 2.19. The Morgan fingerprint density at radius 2 is 1.62 bits per heavy atom. The second kappa shape index (κ2) is 6.01. The van der Waals surface area contributed by atoms with Gasteiger partial charge in [0.2, 0.25) is 5.95 Å². The van der Waals surface area contributed by atoms with Gasteiger partial charge >= 0.3 is 0 Å². The number of nitrogens with zero attached hydrogens (tertiary/aromatic N) is 5. The van der Waals surface area contributed by atoms with E-state index in [9.17, 15) is 4.39 Å². The number of hydrogen-bond donors (Lipinski definition) is 1. The van der Waals surface area contributed by atoms with Crippen LogP contribution in [0.25, 0.3) is 0 Å². The summed E-state index contributed by atoms with van der Waals surface area (Å²) in [6.45, 7) is 3.73. The Hall–Kier alpha value is -2.28. The lowest BCUT2D eigenvalue weighted by Gasteiger charge is -2.35. The average Bonchev–Trinajstić information content (AvgIpc) is 2.56. The van der Waals surface area contributed by atoms with E-state index in [1.165, 1.54) is 12.4 Å². The van der Waals surface area contributed by atoms with Crippen LogP contribution in [0.5, 0.6) is 0 Å². The fourth-order valence-electron chi connectivity index (χ4n) is 2.33. The van der Waals surface area contributed by atoms with E-state index in [4.69, 9.17) is 5.73 Å². The quantitative estimate of drug-likeness (QED) is 0.900. The molecule has 2 aromatic rings. The second-order valence-electron chi connectivity index (χ2n) is 4.90. The SMILES string of the molecule is NCc1ccc(N2CCN(c3ncc(F)cn3)CC2)nc1. The molecule has 2 N–H and O–H groups in total. The smallest absolute Gasteiger partial charge is 0.225 e. The van der Waals surface area contributed by atoms with Gasteiger partial charge in [-0.1, -0.05) is 6.07 Å². The van der Waals surface area contributed by atoms with Crippen molar-refractivity contribution in [3.8, 4) is 0 Å². The largest absolute Gasteiger partial charge is 0.353 e. The zero-order valence-corrected chi connectivity index (χ0v) is 11.6. The summed E-state index contributed by atoms with van der Waals surface area (Å²) in [5, 5.41) is 0. The number of rotatable bonds is 3. The van der Waals surface area contributed by atoms with E-state index in [1.807, 2.05) is 23.2 Å². The minimum absolute atomic E-state index is 0.415. The third kappa shape index (κ3) is 3.08. The molecule has 3 heterocycles. The summed E-state index contributed by atoms with van der Waals surface area (Å²) in [4.78, 5) is 16.7. The summed E-state index contributed by atoms with van der Waals surface area (Å²) in [5.41, 5.74) is 6.60. The van der Waals surface area contributed by atoms with Crippen LogP contribution in [-0.4, -0.2) is 41.1 Å².